The Morgan fingerprint density at radius 2 is 2.16 bits per heavy atom. The zero-order valence-corrected chi connectivity index (χ0v) is 10.3. The predicted octanol–water partition coefficient (Wildman–Crippen LogP) is 0.768. The first-order valence-electron chi connectivity index (χ1n) is 5.55. The quantitative estimate of drug-likeness (QED) is 0.763. The van der Waals surface area contributed by atoms with Crippen LogP contribution >= 0.6 is 0 Å². The Hall–Kier alpha value is -1.51. The van der Waals surface area contributed by atoms with Gasteiger partial charge in [0.25, 0.3) is 0 Å². The van der Waals surface area contributed by atoms with Gasteiger partial charge in [0, 0.05) is 18.0 Å². The van der Waals surface area contributed by atoms with Crippen LogP contribution in [0.3, 0.4) is 0 Å². The van der Waals surface area contributed by atoms with Gasteiger partial charge < -0.3 is 15.2 Å². The Balaban J connectivity index is 0.00000324. The van der Waals surface area contributed by atoms with Gasteiger partial charge >= 0.3 is 30.9 Å². The Labute approximate surface area is 123 Å². The summed E-state index contributed by atoms with van der Waals surface area (Å²) in [6.07, 6.45) is 2.44. The number of carboxylic acids is 1. The molecular weight excluding hydrogens is 243 g/mol. The van der Waals surface area contributed by atoms with Gasteiger partial charge in [-0.05, 0) is 12.0 Å². The molecule has 0 aliphatic heterocycles. The maximum atomic E-state index is 11.4. The summed E-state index contributed by atoms with van der Waals surface area (Å²) in [7, 11) is 0. The van der Waals surface area contributed by atoms with Crippen LogP contribution in [-0.2, 0) is 16.1 Å². The van der Waals surface area contributed by atoms with Crippen LogP contribution in [0.1, 0.15) is 19.4 Å². The van der Waals surface area contributed by atoms with Crippen molar-refractivity contribution in [2.24, 2.45) is 5.92 Å². The second kappa shape index (κ2) is 8.57. The van der Waals surface area contributed by atoms with Crippen LogP contribution in [0.5, 0.6) is 0 Å². The van der Waals surface area contributed by atoms with E-state index in [0.29, 0.717) is 0 Å². The van der Waals surface area contributed by atoms with Crippen molar-refractivity contribution < 1.29 is 19.4 Å². The second-order valence-corrected chi connectivity index (χ2v) is 4.14. The number of rotatable bonds is 5. The number of pyridine rings is 1. The summed E-state index contributed by atoms with van der Waals surface area (Å²) in [5.74, 6) is -1.29. The number of hydrogen-bond donors (Lipinski definition) is 2. The van der Waals surface area contributed by atoms with Crippen LogP contribution in [0.15, 0.2) is 24.5 Å². The van der Waals surface area contributed by atoms with Crippen LogP contribution in [0.2, 0.25) is 0 Å². The normalized spacial score (nSPS) is 11.3. The van der Waals surface area contributed by atoms with E-state index < -0.39 is 18.1 Å². The molecular formula is C12H17LiN2O4. The molecule has 0 saturated heterocycles. The van der Waals surface area contributed by atoms with Crippen LogP contribution in [0.25, 0.3) is 0 Å². The summed E-state index contributed by atoms with van der Waals surface area (Å²) in [6, 6.07) is 2.54. The minimum atomic E-state index is -1.08. The molecule has 100 valence electrons. The van der Waals surface area contributed by atoms with Crippen LogP contribution < -0.4 is 5.32 Å². The topological polar surface area (TPSA) is 88.5 Å². The average Bonchev–Trinajstić information content (AvgIpc) is 2.34. The number of carboxylic acid groups (broad SMARTS) is 1. The first kappa shape index (κ1) is 17.5. The zero-order valence-electron chi connectivity index (χ0n) is 10.3. The van der Waals surface area contributed by atoms with E-state index >= 15 is 0 Å². The summed E-state index contributed by atoms with van der Waals surface area (Å²) in [5, 5.41) is 11.2. The molecule has 1 aromatic rings. The molecule has 1 amide bonds. The molecule has 2 N–H and O–H groups in total. The Morgan fingerprint density at radius 1 is 1.47 bits per heavy atom. The van der Waals surface area contributed by atoms with Gasteiger partial charge in [-0.2, -0.15) is 0 Å². The van der Waals surface area contributed by atoms with Crippen LogP contribution in [-0.4, -0.2) is 47.1 Å². The molecule has 0 spiro atoms. The van der Waals surface area contributed by atoms with Crippen molar-refractivity contribution in [1.29, 1.82) is 0 Å². The van der Waals surface area contributed by atoms with Crippen LogP contribution in [0.4, 0.5) is 4.79 Å². The van der Waals surface area contributed by atoms with Gasteiger partial charge in [-0.3, -0.25) is 4.98 Å². The van der Waals surface area contributed by atoms with E-state index in [1.807, 2.05) is 0 Å². The summed E-state index contributed by atoms with van der Waals surface area (Å²) in [6.45, 7) is 3.48. The first-order chi connectivity index (χ1) is 8.50. The third-order valence-electron chi connectivity index (χ3n) is 2.30. The molecule has 1 rings (SSSR count). The number of nitrogens with one attached hydrogen (secondary N) is 1. The molecule has 0 aliphatic rings. The Kier molecular flexibility index (Phi) is 7.88. The first-order valence-corrected chi connectivity index (χ1v) is 5.55. The van der Waals surface area contributed by atoms with Crippen molar-refractivity contribution in [3.05, 3.63) is 30.1 Å². The number of nitrogens with zero attached hydrogens (tertiary/aromatic N) is 1. The van der Waals surface area contributed by atoms with Gasteiger partial charge in [0.1, 0.15) is 12.6 Å². The zero-order chi connectivity index (χ0) is 13.5. The number of hydrogen-bond acceptors (Lipinski definition) is 4. The van der Waals surface area contributed by atoms with Gasteiger partial charge in [0.2, 0.25) is 0 Å². The summed E-state index contributed by atoms with van der Waals surface area (Å²) >= 11 is 0. The molecule has 0 fully saturated rings. The SMILES string of the molecule is CC(C)[C@H](NC(=O)OCc1cccnc1)C(=O)O.[LiH]. The van der Waals surface area contributed by atoms with Gasteiger partial charge in [0.15, 0.2) is 0 Å². The van der Waals surface area contributed by atoms with E-state index in [0.717, 1.165) is 5.56 Å². The number of aromatic nitrogens is 1. The van der Waals surface area contributed by atoms with Crippen molar-refractivity contribution in [2.45, 2.75) is 26.5 Å². The number of carbonyl (C=O) groups excluding carboxylic acids is 1. The fourth-order valence-electron chi connectivity index (χ4n) is 1.31. The predicted molar refractivity (Wildman–Crippen MR) is 71.0 cm³/mol. The molecule has 0 unspecified atom stereocenters. The van der Waals surface area contributed by atoms with Crippen molar-refractivity contribution in [3.63, 3.8) is 0 Å². The van der Waals surface area contributed by atoms with E-state index in [1.165, 1.54) is 0 Å². The monoisotopic (exact) mass is 260 g/mol. The maximum absolute atomic E-state index is 11.4. The van der Waals surface area contributed by atoms with E-state index in [2.05, 4.69) is 10.3 Å². The molecule has 0 aromatic carbocycles. The standard InChI is InChI=1S/C12H16N2O4.Li.H/c1-8(2)10(11(15)16)14-12(17)18-7-9-4-3-5-13-6-9;;/h3-6,8,10H,7H2,1-2H3,(H,14,17)(H,15,16);;/t10-;;/m0../s1. The molecule has 7 heteroatoms. The fourth-order valence-corrected chi connectivity index (χ4v) is 1.31. The molecule has 0 aliphatic carbocycles. The molecule has 6 nitrogen and oxygen atoms in total. The van der Waals surface area contributed by atoms with Crippen LogP contribution in [0, 0.1) is 5.92 Å². The molecule has 0 radical (unpaired) electrons. The third-order valence-corrected chi connectivity index (χ3v) is 2.30. The second-order valence-electron chi connectivity index (χ2n) is 4.14. The van der Waals surface area contributed by atoms with Crippen molar-refractivity contribution in [1.82, 2.24) is 10.3 Å². The summed E-state index contributed by atoms with van der Waals surface area (Å²) in [5.41, 5.74) is 0.740. The van der Waals surface area contributed by atoms with Gasteiger partial charge in [0.05, 0.1) is 0 Å². The molecule has 1 heterocycles. The molecule has 19 heavy (non-hydrogen) atoms. The van der Waals surface area contributed by atoms with Crippen molar-refractivity contribution in [2.75, 3.05) is 0 Å². The molecule has 1 aromatic heterocycles. The van der Waals surface area contributed by atoms with Gasteiger partial charge in [-0.15, -0.1) is 0 Å². The summed E-state index contributed by atoms with van der Waals surface area (Å²) in [4.78, 5) is 26.2. The summed E-state index contributed by atoms with van der Waals surface area (Å²) < 4.78 is 4.91. The number of alkyl carbamates (subject to hydrolysis) is 1. The Bertz CT molecular complexity index is 411. The molecule has 0 saturated carbocycles. The van der Waals surface area contributed by atoms with Gasteiger partial charge in [-0.25, -0.2) is 9.59 Å². The van der Waals surface area contributed by atoms with Crippen molar-refractivity contribution >= 4 is 30.9 Å². The molecule has 0 bridgehead atoms. The number of carbonyl (C=O) groups is 2. The minimum absolute atomic E-state index is 0. The van der Waals surface area contributed by atoms with Crippen molar-refractivity contribution in [3.8, 4) is 0 Å². The van der Waals surface area contributed by atoms with E-state index in [9.17, 15) is 9.59 Å². The number of amides is 1. The number of ether oxygens (including phenoxy) is 1. The average molecular weight is 260 g/mol. The van der Waals surface area contributed by atoms with E-state index in [4.69, 9.17) is 9.84 Å². The van der Waals surface area contributed by atoms with E-state index in [1.54, 1.807) is 38.4 Å². The molecule has 1 atom stereocenters. The third kappa shape index (κ3) is 6.27. The number of aliphatic carboxylic acids is 1. The fraction of sp³-hybridized carbons (Fsp3) is 0.417. The van der Waals surface area contributed by atoms with Gasteiger partial charge in [-0.1, -0.05) is 19.9 Å². The van der Waals surface area contributed by atoms with E-state index in [-0.39, 0.29) is 31.4 Å². The Morgan fingerprint density at radius 3 is 2.63 bits per heavy atom.